The number of carbonyl (C=O) groups is 2. The molecule has 0 bridgehead atoms. The number of aliphatic carboxylic acids is 1. The highest BCUT2D eigenvalue weighted by atomic mass is 16.4. The molecule has 0 aliphatic heterocycles. The SMILES string of the molecule is CC.Cc1ccc(CCC(=O)O)cc1.NC=O. The first-order valence-corrected chi connectivity index (χ1v) is 5.53. The van der Waals surface area contributed by atoms with Crippen LogP contribution in [0.5, 0.6) is 0 Å². The highest BCUT2D eigenvalue weighted by Crippen LogP contribution is 2.05. The predicted octanol–water partition coefficient (Wildman–Crippen LogP) is 2.14. The molecule has 0 aromatic heterocycles. The van der Waals surface area contributed by atoms with Gasteiger partial charge in [0.25, 0.3) is 0 Å². The van der Waals surface area contributed by atoms with Crippen LogP contribution in [-0.4, -0.2) is 17.5 Å². The number of carboxylic acid groups (broad SMARTS) is 1. The molecule has 0 heterocycles. The van der Waals surface area contributed by atoms with E-state index in [1.54, 1.807) is 0 Å². The van der Waals surface area contributed by atoms with Crippen molar-refractivity contribution in [3.8, 4) is 0 Å². The molecule has 0 aliphatic rings. The molecule has 1 amide bonds. The molecule has 0 unspecified atom stereocenters. The van der Waals surface area contributed by atoms with Gasteiger partial charge in [0.2, 0.25) is 6.41 Å². The van der Waals surface area contributed by atoms with Gasteiger partial charge < -0.3 is 10.8 Å². The zero-order valence-electron chi connectivity index (χ0n) is 10.6. The maximum Gasteiger partial charge on any atom is 0.303 e. The van der Waals surface area contributed by atoms with Gasteiger partial charge in [0.1, 0.15) is 0 Å². The Hall–Kier alpha value is -1.84. The maximum atomic E-state index is 10.2. The van der Waals surface area contributed by atoms with Crippen LogP contribution in [0.1, 0.15) is 31.4 Å². The smallest absolute Gasteiger partial charge is 0.303 e. The summed E-state index contributed by atoms with van der Waals surface area (Å²) in [6, 6.07) is 7.94. The Kier molecular flexibility index (Phi) is 12.6. The molecule has 0 aliphatic carbocycles. The van der Waals surface area contributed by atoms with Crippen LogP contribution >= 0.6 is 0 Å². The number of amides is 1. The van der Waals surface area contributed by atoms with Crippen molar-refractivity contribution in [2.75, 3.05) is 0 Å². The first kappa shape index (κ1) is 17.6. The lowest BCUT2D eigenvalue weighted by Gasteiger charge is -1.98. The van der Waals surface area contributed by atoms with E-state index in [1.165, 1.54) is 5.56 Å². The lowest BCUT2D eigenvalue weighted by molar-refractivity contribution is -0.136. The third-order valence-corrected chi connectivity index (χ3v) is 1.75. The Morgan fingerprint density at radius 1 is 1.29 bits per heavy atom. The monoisotopic (exact) mass is 239 g/mol. The van der Waals surface area contributed by atoms with Gasteiger partial charge in [0.05, 0.1) is 0 Å². The van der Waals surface area contributed by atoms with Crippen molar-refractivity contribution in [3.05, 3.63) is 35.4 Å². The summed E-state index contributed by atoms with van der Waals surface area (Å²) in [5.74, 6) is -0.740. The molecule has 0 radical (unpaired) electrons. The Balaban J connectivity index is 0. The molecule has 0 saturated carbocycles. The zero-order chi connectivity index (χ0) is 13.7. The van der Waals surface area contributed by atoms with Crippen LogP contribution in [0, 0.1) is 6.92 Å². The molecule has 0 spiro atoms. The van der Waals surface area contributed by atoms with E-state index in [0.717, 1.165) is 5.56 Å². The van der Waals surface area contributed by atoms with Crippen LogP contribution in [0.25, 0.3) is 0 Å². The average Bonchev–Trinajstić information content (AvgIpc) is 2.32. The third kappa shape index (κ3) is 12.1. The molecule has 4 heteroatoms. The summed E-state index contributed by atoms with van der Waals surface area (Å²) in [6.45, 7) is 6.01. The van der Waals surface area contributed by atoms with Crippen molar-refractivity contribution < 1.29 is 14.7 Å². The summed E-state index contributed by atoms with van der Waals surface area (Å²) >= 11 is 0. The molecule has 4 nitrogen and oxygen atoms in total. The molecule has 1 aromatic carbocycles. The van der Waals surface area contributed by atoms with Crippen LogP contribution in [-0.2, 0) is 16.0 Å². The first-order valence-electron chi connectivity index (χ1n) is 5.53. The maximum absolute atomic E-state index is 10.2. The van der Waals surface area contributed by atoms with E-state index in [1.807, 2.05) is 45.0 Å². The minimum atomic E-state index is -0.740. The molecule has 1 aromatic rings. The fourth-order valence-corrected chi connectivity index (χ4v) is 1.01. The molecular formula is C13H21NO3. The largest absolute Gasteiger partial charge is 0.481 e. The minimum absolute atomic E-state index is 0.211. The van der Waals surface area contributed by atoms with E-state index in [9.17, 15) is 4.79 Å². The molecule has 0 saturated heterocycles. The number of hydrogen-bond donors (Lipinski definition) is 2. The third-order valence-electron chi connectivity index (χ3n) is 1.75. The molecule has 17 heavy (non-hydrogen) atoms. The van der Waals surface area contributed by atoms with Crippen LogP contribution in [0.3, 0.4) is 0 Å². The van der Waals surface area contributed by atoms with Gasteiger partial charge in [-0.15, -0.1) is 0 Å². The van der Waals surface area contributed by atoms with Crippen LogP contribution in [0.15, 0.2) is 24.3 Å². The summed E-state index contributed by atoms with van der Waals surface area (Å²) in [5, 5.41) is 8.43. The fraction of sp³-hybridized carbons (Fsp3) is 0.385. The highest BCUT2D eigenvalue weighted by molar-refractivity contribution is 5.67. The quantitative estimate of drug-likeness (QED) is 0.793. The van der Waals surface area contributed by atoms with Gasteiger partial charge in [0.15, 0.2) is 0 Å². The second kappa shape index (κ2) is 12.2. The van der Waals surface area contributed by atoms with Crippen molar-refractivity contribution in [2.24, 2.45) is 5.73 Å². The van der Waals surface area contributed by atoms with E-state index in [4.69, 9.17) is 9.90 Å². The Bertz CT molecular complexity index is 307. The summed E-state index contributed by atoms with van der Waals surface area (Å²) < 4.78 is 0. The average molecular weight is 239 g/mol. The van der Waals surface area contributed by atoms with Crippen LogP contribution in [0.2, 0.25) is 0 Å². The molecule has 1 rings (SSSR count). The molecule has 3 N–H and O–H groups in total. The fourth-order valence-electron chi connectivity index (χ4n) is 1.01. The lowest BCUT2D eigenvalue weighted by atomic mass is 10.1. The van der Waals surface area contributed by atoms with E-state index >= 15 is 0 Å². The molecular weight excluding hydrogens is 218 g/mol. The second-order valence-electron chi connectivity index (χ2n) is 3.02. The van der Waals surface area contributed by atoms with Gasteiger partial charge in [-0.25, -0.2) is 0 Å². The van der Waals surface area contributed by atoms with Crippen molar-refractivity contribution in [2.45, 2.75) is 33.6 Å². The normalized spacial score (nSPS) is 7.94. The van der Waals surface area contributed by atoms with E-state index in [2.05, 4.69) is 5.73 Å². The number of hydrogen-bond acceptors (Lipinski definition) is 2. The van der Waals surface area contributed by atoms with Crippen molar-refractivity contribution >= 4 is 12.4 Å². The number of nitrogens with two attached hydrogens (primary N) is 1. The van der Waals surface area contributed by atoms with E-state index in [-0.39, 0.29) is 12.8 Å². The standard InChI is InChI=1S/C10H12O2.C2H6.CH3NO/c1-8-2-4-9(5-3-8)6-7-10(11)12;1-2;2-1-3/h2-5H,6-7H2,1H3,(H,11,12);1-2H3;1H,(H2,2,3). The number of primary amides is 1. The minimum Gasteiger partial charge on any atom is -0.481 e. The van der Waals surface area contributed by atoms with Gasteiger partial charge in [-0.1, -0.05) is 43.7 Å². The predicted molar refractivity (Wildman–Crippen MR) is 68.7 cm³/mol. The van der Waals surface area contributed by atoms with E-state index < -0.39 is 5.97 Å². The topological polar surface area (TPSA) is 80.4 Å². The highest BCUT2D eigenvalue weighted by Gasteiger charge is 1.97. The number of carbonyl (C=O) groups excluding carboxylic acids is 1. The van der Waals surface area contributed by atoms with Crippen LogP contribution in [0.4, 0.5) is 0 Å². The second-order valence-corrected chi connectivity index (χ2v) is 3.02. The summed E-state index contributed by atoms with van der Waals surface area (Å²) in [6.07, 6.45) is 1.08. The molecule has 0 fully saturated rings. The van der Waals surface area contributed by atoms with Gasteiger partial charge in [-0.3, -0.25) is 9.59 Å². The first-order chi connectivity index (χ1) is 8.10. The lowest BCUT2D eigenvalue weighted by Crippen LogP contribution is -1.97. The van der Waals surface area contributed by atoms with Crippen LogP contribution < -0.4 is 5.73 Å². The molecule has 0 atom stereocenters. The molecule has 96 valence electrons. The Labute approximate surface area is 102 Å². The van der Waals surface area contributed by atoms with Gasteiger partial charge in [0, 0.05) is 6.42 Å². The Morgan fingerprint density at radius 3 is 2.06 bits per heavy atom. The van der Waals surface area contributed by atoms with Gasteiger partial charge >= 0.3 is 5.97 Å². The van der Waals surface area contributed by atoms with Crippen molar-refractivity contribution in [1.82, 2.24) is 0 Å². The summed E-state index contributed by atoms with van der Waals surface area (Å²) in [7, 11) is 0. The summed E-state index contributed by atoms with van der Waals surface area (Å²) in [4.78, 5) is 18.8. The van der Waals surface area contributed by atoms with E-state index in [0.29, 0.717) is 6.42 Å². The zero-order valence-corrected chi connectivity index (χ0v) is 10.6. The van der Waals surface area contributed by atoms with Crippen molar-refractivity contribution in [1.29, 1.82) is 0 Å². The summed E-state index contributed by atoms with van der Waals surface area (Å²) in [5.41, 5.74) is 6.46. The number of carboxylic acids is 1. The Morgan fingerprint density at radius 2 is 1.71 bits per heavy atom. The van der Waals surface area contributed by atoms with Gasteiger partial charge in [-0.2, -0.15) is 0 Å². The van der Waals surface area contributed by atoms with Gasteiger partial charge in [-0.05, 0) is 18.9 Å². The number of benzene rings is 1. The number of rotatable bonds is 3. The number of aryl methyl sites for hydroxylation is 2. The van der Waals surface area contributed by atoms with Crippen molar-refractivity contribution in [3.63, 3.8) is 0 Å².